The van der Waals surface area contributed by atoms with E-state index in [9.17, 15) is 4.79 Å². The smallest absolute Gasteiger partial charge is 0.263 e. The summed E-state index contributed by atoms with van der Waals surface area (Å²) in [7, 11) is 0. The van der Waals surface area contributed by atoms with Crippen molar-refractivity contribution in [1.82, 2.24) is 10.3 Å². The van der Waals surface area contributed by atoms with Gasteiger partial charge in [0, 0.05) is 10.6 Å². The second kappa shape index (κ2) is 6.34. The van der Waals surface area contributed by atoms with Crippen LogP contribution >= 0.6 is 22.9 Å². The molecule has 3 aromatic rings. The fraction of sp³-hybridized carbons (Fsp3) is 0.125. The predicted molar refractivity (Wildman–Crippen MR) is 87.2 cm³/mol. The van der Waals surface area contributed by atoms with Crippen LogP contribution < -0.4 is 5.32 Å². The van der Waals surface area contributed by atoms with Gasteiger partial charge in [0.25, 0.3) is 5.91 Å². The molecule has 0 radical (unpaired) electrons. The lowest BCUT2D eigenvalue weighted by Crippen LogP contribution is -2.22. The van der Waals surface area contributed by atoms with Gasteiger partial charge in [0.05, 0.1) is 18.5 Å². The van der Waals surface area contributed by atoms with Crippen LogP contribution in [-0.2, 0) is 6.54 Å². The van der Waals surface area contributed by atoms with Gasteiger partial charge in [0.2, 0.25) is 0 Å². The van der Waals surface area contributed by atoms with Gasteiger partial charge < -0.3 is 9.73 Å². The third kappa shape index (κ3) is 3.21. The molecule has 3 rings (SSSR count). The predicted octanol–water partition coefficient (Wildman–Crippen LogP) is 4.29. The second-order valence-electron chi connectivity index (χ2n) is 4.70. The highest BCUT2D eigenvalue weighted by atomic mass is 35.5. The molecular formula is C16H13ClN2O2S. The van der Waals surface area contributed by atoms with E-state index in [4.69, 9.17) is 16.0 Å². The van der Waals surface area contributed by atoms with Crippen molar-refractivity contribution in [3.05, 3.63) is 64.0 Å². The molecule has 1 N–H and O–H groups in total. The molecule has 0 unspecified atom stereocenters. The Morgan fingerprint density at radius 1 is 1.32 bits per heavy atom. The van der Waals surface area contributed by atoms with Gasteiger partial charge in [-0.3, -0.25) is 4.79 Å². The van der Waals surface area contributed by atoms with Gasteiger partial charge in [0.1, 0.15) is 15.6 Å². The molecule has 0 saturated carbocycles. The molecule has 0 spiro atoms. The fourth-order valence-electron chi connectivity index (χ4n) is 1.98. The van der Waals surface area contributed by atoms with Gasteiger partial charge in [-0.2, -0.15) is 0 Å². The first-order chi connectivity index (χ1) is 10.6. The molecule has 1 aromatic carbocycles. The van der Waals surface area contributed by atoms with E-state index >= 15 is 0 Å². The maximum Gasteiger partial charge on any atom is 0.263 e. The molecule has 2 heterocycles. The molecule has 112 valence electrons. The number of hydrogen-bond donors (Lipinski definition) is 1. The lowest BCUT2D eigenvalue weighted by atomic mass is 10.2. The van der Waals surface area contributed by atoms with Gasteiger partial charge in [-0.05, 0) is 31.2 Å². The Hall–Kier alpha value is -2.11. The molecule has 2 aromatic heterocycles. The molecule has 1 amide bonds. The summed E-state index contributed by atoms with van der Waals surface area (Å²) in [5.74, 6) is 0.569. The Balaban J connectivity index is 1.76. The lowest BCUT2D eigenvalue weighted by molar-refractivity contribution is 0.0951. The summed E-state index contributed by atoms with van der Waals surface area (Å²) in [5.41, 5.74) is 1.66. The number of rotatable bonds is 4. The van der Waals surface area contributed by atoms with E-state index in [0.717, 1.165) is 10.6 Å². The van der Waals surface area contributed by atoms with E-state index in [1.54, 1.807) is 12.3 Å². The average Bonchev–Trinajstić information content (AvgIpc) is 3.15. The number of carbonyl (C=O) groups is 1. The zero-order chi connectivity index (χ0) is 15.5. The molecule has 0 saturated heterocycles. The number of aromatic nitrogens is 1. The van der Waals surface area contributed by atoms with Crippen molar-refractivity contribution in [3.8, 4) is 10.6 Å². The summed E-state index contributed by atoms with van der Waals surface area (Å²) in [5, 5.41) is 4.31. The van der Waals surface area contributed by atoms with Crippen molar-refractivity contribution in [2.24, 2.45) is 0 Å². The fourth-order valence-corrected chi connectivity index (χ4v) is 3.10. The topological polar surface area (TPSA) is 55.1 Å². The summed E-state index contributed by atoms with van der Waals surface area (Å²) >= 11 is 7.25. The zero-order valence-electron chi connectivity index (χ0n) is 11.8. The number of hydrogen-bond acceptors (Lipinski definition) is 4. The van der Waals surface area contributed by atoms with Crippen molar-refractivity contribution >= 4 is 28.8 Å². The van der Waals surface area contributed by atoms with E-state index in [2.05, 4.69) is 10.3 Å². The minimum Gasteiger partial charge on any atom is -0.467 e. The molecule has 0 aliphatic heterocycles. The van der Waals surface area contributed by atoms with Crippen LogP contribution in [0.25, 0.3) is 10.6 Å². The Morgan fingerprint density at radius 2 is 2.09 bits per heavy atom. The summed E-state index contributed by atoms with van der Waals surface area (Å²) in [6.45, 7) is 2.19. The highest BCUT2D eigenvalue weighted by molar-refractivity contribution is 7.17. The highest BCUT2D eigenvalue weighted by Gasteiger charge is 2.16. The van der Waals surface area contributed by atoms with Gasteiger partial charge in [-0.1, -0.05) is 23.7 Å². The number of benzene rings is 1. The zero-order valence-corrected chi connectivity index (χ0v) is 13.4. The molecule has 22 heavy (non-hydrogen) atoms. The van der Waals surface area contributed by atoms with Crippen LogP contribution in [-0.4, -0.2) is 10.9 Å². The van der Waals surface area contributed by atoms with E-state index in [1.807, 2.05) is 37.3 Å². The average molecular weight is 333 g/mol. The van der Waals surface area contributed by atoms with Crippen LogP contribution in [0, 0.1) is 6.92 Å². The number of amides is 1. The van der Waals surface area contributed by atoms with Crippen LogP contribution in [0.4, 0.5) is 0 Å². The minimum absolute atomic E-state index is 0.147. The number of halogens is 1. The third-order valence-electron chi connectivity index (χ3n) is 3.10. The summed E-state index contributed by atoms with van der Waals surface area (Å²) in [6.07, 6.45) is 1.58. The molecule has 0 bridgehead atoms. The van der Waals surface area contributed by atoms with Crippen molar-refractivity contribution in [2.75, 3.05) is 0 Å². The van der Waals surface area contributed by atoms with Gasteiger partial charge in [-0.25, -0.2) is 4.98 Å². The maximum absolute atomic E-state index is 12.3. The molecule has 0 aliphatic rings. The molecule has 0 fully saturated rings. The van der Waals surface area contributed by atoms with Crippen molar-refractivity contribution in [2.45, 2.75) is 13.5 Å². The largest absolute Gasteiger partial charge is 0.467 e. The first-order valence-corrected chi connectivity index (χ1v) is 7.87. The quantitative estimate of drug-likeness (QED) is 0.775. The number of carbonyl (C=O) groups excluding carboxylic acids is 1. The Labute approximate surface area is 136 Å². The second-order valence-corrected chi connectivity index (χ2v) is 6.14. The lowest BCUT2D eigenvalue weighted by Gasteiger charge is -2.01. The molecule has 6 heteroatoms. The molecule has 0 aliphatic carbocycles. The summed E-state index contributed by atoms with van der Waals surface area (Å²) < 4.78 is 5.20. The van der Waals surface area contributed by atoms with E-state index in [1.165, 1.54) is 11.3 Å². The van der Waals surface area contributed by atoms with Gasteiger partial charge in [-0.15, -0.1) is 11.3 Å². The van der Waals surface area contributed by atoms with Crippen LogP contribution in [0.5, 0.6) is 0 Å². The monoisotopic (exact) mass is 332 g/mol. The van der Waals surface area contributed by atoms with Crippen molar-refractivity contribution in [3.63, 3.8) is 0 Å². The van der Waals surface area contributed by atoms with Crippen LogP contribution in [0.15, 0.2) is 47.1 Å². The Kier molecular flexibility index (Phi) is 4.27. The normalized spacial score (nSPS) is 10.6. The third-order valence-corrected chi connectivity index (χ3v) is 4.55. The molecule has 0 atom stereocenters. The number of nitrogens with one attached hydrogen (secondary N) is 1. The maximum atomic E-state index is 12.3. The van der Waals surface area contributed by atoms with Crippen LogP contribution in [0.3, 0.4) is 0 Å². The number of furan rings is 1. The van der Waals surface area contributed by atoms with E-state index in [0.29, 0.717) is 27.9 Å². The van der Waals surface area contributed by atoms with Crippen LogP contribution in [0.1, 0.15) is 21.1 Å². The van der Waals surface area contributed by atoms with E-state index < -0.39 is 0 Å². The molecule has 4 nitrogen and oxygen atoms in total. The van der Waals surface area contributed by atoms with Gasteiger partial charge >= 0.3 is 0 Å². The van der Waals surface area contributed by atoms with E-state index in [-0.39, 0.29) is 5.91 Å². The number of nitrogens with zero attached hydrogens (tertiary/aromatic N) is 1. The molecular weight excluding hydrogens is 320 g/mol. The standard InChI is InChI=1S/C16H13ClN2O2S/c1-10-14(15(20)18-9-13-3-2-8-21-13)22-16(19-10)11-4-6-12(17)7-5-11/h2-8H,9H2,1H3,(H,18,20). The Bertz CT molecular complexity index is 779. The highest BCUT2D eigenvalue weighted by Crippen LogP contribution is 2.28. The first kappa shape index (κ1) is 14.8. The van der Waals surface area contributed by atoms with Crippen molar-refractivity contribution in [1.29, 1.82) is 0 Å². The number of thiazole rings is 1. The summed E-state index contributed by atoms with van der Waals surface area (Å²) in [6, 6.07) is 11.0. The SMILES string of the molecule is Cc1nc(-c2ccc(Cl)cc2)sc1C(=O)NCc1ccco1. The van der Waals surface area contributed by atoms with Crippen LogP contribution in [0.2, 0.25) is 5.02 Å². The Morgan fingerprint density at radius 3 is 2.77 bits per heavy atom. The van der Waals surface area contributed by atoms with Crippen molar-refractivity contribution < 1.29 is 9.21 Å². The summed E-state index contributed by atoms with van der Waals surface area (Å²) in [4.78, 5) is 17.3. The number of aryl methyl sites for hydroxylation is 1. The first-order valence-electron chi connectivity index (χ1n) is 6.67. The van der Waals surface area contributed by atoms with Gasteiger partial charge in [0.15, 0.2) is 0 Å². The minimum atomic E-state index is -0.147.